The van der Waals surface area contributed by atoms with Gasteiger partial charge in [0.05, 0.1) is 5.56 Å². The molecule has 1 aliphatic heterocycles. The van der Waals surface area contributed by atoms with Crippen molar-refractivity contribution in [3.63, 3.8) is 0 Å². The number of rotatable bonds is 3. The van der Waals surface area contributed by atoms with Gasteiger partial charge >= 0.3 is 6.18 Å². The summed E-state index contributed by atoms with van der Waals surface area (Å²) in [5.41, 5.74) is 4.39. The van der Waals surface area contributed by atoms with Gasteiger partial charge in [-0.3, -0.25) is 4.79 Å². The Kier molecular flexibility index (Phi) is 5.57. The molecule has 152 valence electrons. The lowest BCUT2D eigenvalue weighted by molar-refractivity contribution is -0.222. The summed E-state index contributed by atoms with van der Waals surface area (Å²) in [4.78, 5) is 14.6. The molecular weight excluding hydrogens is 369 g/mol. The van der Waals surface area contributed by atoms with Crippen LogP contribution in [0.1, 0.15) is 40.2 Å². The van der Waals surface area contributed by atoms with Crippen LogP contribution in [0.25, 0.3) is 5.69 Å². The number of nitrogens with zero attached hydrogens (tertiary/aromatic N) is 2. The zero-order valence-corrected chi connectivity index (χ0v) is 16.3. The Labute approximate surface area is 162 Å². The lowest BCUT2D eigenvalue weighted by Gasteiger charge is -2.34. The van der Waals surface area contributed by atoms with Gasteiger partial charge in [0.1, 0.15) is 0 Å². The quantitative estimate of drug-likeness (QED) is 0.849. The van der Waals surface area contributed by atoms with Gasteiger partial charge in [0.15, 0.2) is 6.10 Å². The summed E-state index contributed by atoms with van der Waals surface area (Å²) >= 11 is 0. The highest BCUT2D eigenvalue weighted by Crippen LogP contribution is 2.32. The van der Waals surface area contributed by atoms with E-state index >= 15 is 0 Å². The summed E-state index contributed by atoms with van der Waals surface area (Å²) in [7, 11) is 0. The number of carbonyl (C=O) groups excluding carboxylic acids is 1. The first-order valence-corrected chi connectivity index (χ1v) is 9.39. The summed E-state index contributed by atoms with van der Waals surface area (Å²) in [6, 6.07) is 9.81. The third kappa shape index (κ3) is 3.94. The molecule has 7 heteroatoms. The summed E-state index contributed by atoms with van der Waals surface area (Å²) in [6.45, 7) is 6.24. The lowest BCUT2D eigenvalue weighted by Crippen LogP contribution is -2.45. The number of aryl methyl sites for hydroxylation is 2. The van der Waals surface area contributed by atoms with E-state index in [4.69, 9.17) is 0 Å². The number of likely N-dealkylation sites (tertiary alicyclic amines) is 1. The Balaban J connectivity index is 1.77. The maximum absolute atomic E-state index is 13.0. The van der Waals surface area contributed by atoms with E-state index in [1.165, 1.54) is 0 Å². The van der Waals surface area contributed by atoms with Crippen molar-refractivity contribution in [1.29, 1.82) is 0 Å². The van der Waals surface area contributed by atoms with Gasteiger partial charge in [-0.25, -0.2) is 0 Å². The molecule has 3 rings (SSSR count). The molecule has 28 heavy (non-hydrogen) atoms. The number of aliphatic hydroxyl groups excluding tert-OH is 1. The highest BCUT2D eigenvalue weighted by atomic mass is 19.4. The van der Waals surface area contributed by atoms with E-state index in [0.29, 0.717) is 5.56 Å². The molecule has 2 aromatic rings. The fraction of sp³-hybridized carbons (Fsp3) is 0.476. The van der Waals surface area contributed by atoms with Gasteiger partial charge in [-0.15, -0.1) is 0 Å². The first kappa shape index (κ1) is 20.5. The van der Waals surface area contributed by atoms with Gasteiger partial charge in [0.25, 0.3) is 5.91 Å². The molecule has 2 heterocycles. The fourth-order valence-corrected chi connectivity index (χ4v) is 4.00. The Hall–Kier alpha value is -2.28. The number of benzene rings is 1. The van der Waals surface area contributed by atoms with Crippen LogP contribution in [-0.2, 0) is 0 Å². The molecule has 1 fully saturated rings. The van der Waals surface area contributed by atoms with Crippen LogP contribution in [0.2, 0.25) is 0 Å². The molecule has 0 aliphatic carbocycles. The largest absolute Gasteiger partial charge is 0.414 e. The highest BCUT2D eigenvalue weighted by Gasteiger charge is 2.44. The van der Waals surface area contributed by atoms with Gasteiger partial charge in [-0.05, 0) is 63.3 Å². The van der Waals surface area contributed by atoms with Crippen molar-refractivity contribution < 1.29 is 23.1 Å². The summed E-state index contributed by atoms with van der Waals surface area (Å²) in [5, 5.41) is 9.45. The third-order valence-corrected chi connectivity index (χ3v) is 5.53. The number of aromatic nitrogens is 1. The number of carbonyl (C=O) groups is 1. The predicted octanol–water partition coefficient (Wildman–Crippen LogP) is 4.18. The van der Waals surface area contributed by atoms with Gasteiger partial charge in [0, 0.05) is 30.2 Å². The van der Waals surface area contributed by atoms with Crippen molar-refractivity contribution >= 4 is 5.91 Å². The van der Waals surface area contributed by atoms with Gasteiger partial charge in [-0.2, -0.15) is 13.2 Å². The van der Waals surface area contributed by atoms with Crippen molar-refractivity contribution in [1.82, 2.24) is 9.47 Å². The van der Waals surface area contributed by atoms with Gasteiger partial charge < -0.3 is 14.6 Å². The lowest BCUT2D eigenvalue weighted by atomic mass is 9.90. The van der Waals surface area contributed by atoms with E-state index in [9.17, 15) is 23.1 Å². The van der Waals surface area contributed by atoms with E-state index in [1.807, 2.05) is 55.7 Å². The summed E-state index contributed by atoms with van der Waals surface area (Å²) in [5.74, 6) is -1.03. The van der Waals surface area contributed by atoms with Crippen LogP contribution in [0.3, 0.4) is 0 Å². The Morgan fingerprint density at radius 2 is 1.79 bits per heavy atom. The van der Waals surface area contributed by atoms with Gasteiger partial charge in [0.2, 0.25) is 0 Å². The topological polar surface area (TPSA) is 45.5 Å². The molecule has 1 saturated heterocycles. The van der Waals surface area contributed by atoms with Crippen molar-refractivity contribution in [2.24, 2.45) is 5.92 Å². The minimum Gasteiger partial charge on any atom is -0.383 e. The highest BCUT2D eigenvalue weighted by molar-refractivity contribution is 5.96. The number of halogens is 3. The van der Waals surface area contributed by atoms with Crippen LogP contribution in [0.5, 0.6) is 0 Å². The first-order chi connectivity index (χ1) is 13.1. The smallest absolute Gasteiger partial charge is 0.383 e. The van der Waals surface area contributed by atoms with E-state index in [0.717, 1.165) is 22.6 Å². The van der Waals surface area contributed by atoms with E-state index in [-0.39, 0.29) is 31.8 Å². The van der Waals surface area contributed by atoms with Crippen LogP contribution in [-0.4, -0.2) is 45.9 Å². The number of hydrogen-bond donors (Lipinski definition) is 1. The molecule has 0 saturated carbocycles. The molecule has 1 aliphatic rings. The second-order valence-corrected chi connectivity index (χ2v) is 7.58. The second kappa shape index (κ2) is 7.62. The van der Waals surface area contributed by atoms with Crippen LogP contribution < -0.4 is 0 Å². The zero-order valence-electron chi connectivity index (χ0n) is 16.3. The third-order valence-electron chi connectivity index (χ3n) is 5.53. The molecule has 1 aromatic heterocycles. The molecule has 4 nitrogen and oxygen atoms in total. The molecular formula is C21H25F3N2O2. The average Bonchev–Trinajstić information content (AvgIpc) is 2.94. The second-order valence-electron chi connectivity index (χ2n) is 7.58. The van der Waals surface area contributed by atoms with Crippen molar-refractivity contribution in [3.05, 3.63) is 52.8 Å². The number of aliphatic hydroxyl groups is 1. The average molecular weight is 394 g/mol. The summed E-state index contributed by atoms with van der Waals surface area (Å²) in [6.07, 6.45) is -6.65. The van der Waals surface area contributed by atoms with Crippen molar-refractivity contribution in [2.75, 3.05) is 13.1 Å². The molecule has 0 unspecified atom stereocenters. The normalized spacial score (nSPS) is 17.0. The van der Waals surface area contributed by atoms with Crippen LogP contribution in [0.15, 0.2) is 30.3 Å². The molecule has 0 spiro atoms. The van der Waals surface area contributed by atoms with E-state index in [1.54, 1.807) is 4.90 Å². The van der Waals surface area contributed by atoms with Crippen molar-refractivity contribution in [2.45, 2.75) is 45.9 Å². The van der Waals surface area contributed by atoms with Crippen LogP contribution in [0.4, 0.5) is 13.2 Å². The number of piperidine rings is 1. The molecule has 0 radical (unpaired) electrons. The summed E-state index contributed by atoms with van der Waals surface area (Å²) < 4.78 is 40.1. The molecule has 1 amide bonds. The number of alkyl halides is 3. The number of hydrogen-bond acceptors (Lipinski definition) is 2. The Morgan fingerprint density at radius 3 is 2.36 bits per heavy atom. The zero-order chi connectivity index (χ0) is 20.6. The Bertz CT molecular complexity index is 865. The van der Waals surface area contributed by atoms with E-state index in [2.05, 4.69) is 0 Å². The SMILES string of the molecule is Cc1cccc(-n2c(C)cc(C(=O)N3CCC([C@H](O)C(F)(F)F)CC3)c2C)c1. The molecule has 1 atom stereocenters. The van der Waals surface area contributed by atoms with Crippen LogP contribution in [0, 0.1) is 26.7 Å². The fourth-order valence-electron chi connectivity index (χ4n) is 4.00. The maximum Gasteiger partial charge on any atom is 0.414 e. The van der Waals surface area contributed by atoms with E-state index < -0.39 is 18.2 Å². The van der Waals surface area contributed by atoms with Crippen LogP contribution >= 0.6 is 0 Å². The minimum absolute atomic E-state index is 0.142. The number of amides is 1. The Morgan fingerprint density at radius 1 is 1.14 bits per heavy atom. The van der Waals surface area contributed by atoms with Crippen molar-refractivity contribution in [3.8, 4) is 5.69 Å². The molecule has 1 N–H and O–H groups in total. The monoisotopic (exact) mass is 394 g/mol. The predicted molar refractivity (Wildman–Crippen MR) is 101 cm³/mol. The first-order valence-electron chi connectivity index (χ1n) is 9.39. The maximum atomic E-state index is 13.0. The molecule has 1 aromatic carbocycles. The minimum atomic E-state index is -4.62. The van der Waals surface area contributed by atoms with Gasteiger partial charge in [-0.1, -0.05) is 12.1 Å². The standard InChI is InChI=1S/C21H25F3N2O2/c1-13-5-4-6-17(11-13)26-14(2)12-18(15(26)3)20(28)25-9-7-16(8-10-25)19(27)21(22,23)24/h4-6,11-12,16,19,27H,7-10H2,1-3H3/t19-/m0/s1. The molecule has 0 bridgehead atoms.